The third kappa shape index (κ3) is 4.82. The van der Waals surface area contributed by atoms with Gasteiger partial charge in [0.25, 0.3) is 0 Å². The SMILES string of the molecule is N[C@@H](CCc1ccccc1)c1noc(CNC(=O)N2CCCC2C(=O)O)n1. The number of carboxylic acids is 1. The molecule has 27 heavy (non-hydrogen) atoms. The molecule has 1 aromatic carbocycles. The van der Waals surface area contributed by atoms with E-state index in [0.29, 0.717) is 31.6 Å². The first-order chi connectivity index (χ1) is 13.0. The van der Waals surface area contributed by atoms with Crippen molar-refractivity contribution in [2.75, 3.05) is 6.54 Å². The fourth-order valence-corrected chi connectivity index (χ4v) is 3.11. The number of urea groups is 1. The van der Waals surface area contributed by atoms with Crippen molar-refractivity contribution in [3.63, 3.8) is 0 Å². The van der Waals surface area contributed by atoms with Gasteiger partial charge in [-0.05, 0) is 31.2 Å². The van der Waals surface area contributed by atoms with Crippen LogP contribution in [0.2, 0.25) is 0 Å². The molecule has 1 aliphatic heterocycles. The Morgan fingerprint density at radius 2 is 2.15 bits per heavy atom. The van der Waals surface area contributed by atoms with Crippen molar-refractivity contribution < 1.29 is 19.2 Å². The zero-order valence-electron chi connectivity index (χ0n) is 14.9. The number of benzene rings is 1. The quantitative estimate of drug-likeness (QED) is 0.669. The number of likely N-dealkylation sites (tertiary alicyclic amines) is 1. The fourth-order valence-electron chi connectivity index (χ4n) is 3.11. The van der Waals surface area contributed by atoms with Crippen LogP contribution in [0.1, 0.15) is 42.6 Å². The molecular formula is C18H23N5O4. The van der Waals surface area contributed by atoms with E-state index < -0.39 is 18.0 Å². The summed E-state index contributed by atoms with van der Waals surface area (Å²) in [5.74, 6) is -0.369. The molecule has 4 N–H and O–H groups in total. The summed E-state index contributed by atoms with van der Waals surface area (Å²) >= 11 is 0. The van der Waals surface area contributed by atoms with Crippen LogP contribution in [0.25, 0.3) is 0 Å². The molecule has 9 heteroatoms. The number of aryl methyl sites for hydroxylation is 1. The highest BCUT2D eigenvalue weighted by atomic mass is 16.5. The van der Waals surface area contributed by atoms with Crippen LogP contribution in [0, 0.1) is 0 Å². The van der Waals surface area contributed by atoms with E-state index in [0.717, 1.165) is 6.42 Å². The normalized spacial score (nSPS) is 17.7. The Hall–Kier alpha value is -2.94. The monoisotopic (exact) mass is 373 g/mol. The van der Waals surface area contributed by atoms with Crippen molar-refractivity contribution in [1.82, 2.24) is 20.4 Å². The van der Waals surface area contributed by atoms with Gasteiger partial charge in [-0.25, -0.2) is 9.59 Å². The Morgan fingerprint density at radius 3 is 2.89 bits per heavy atom. The van der Waals surface area contributed by atoms with Crippen molar-refractivity contribution in [3.05, 3.63) is 47.6 Å². The highest BCUT2D eigenvalue weighted by Crippen LogP contribution is 2.18. The van der Waals surface area contributed by atoms with Gasteiger partial charge >= 0.3 is 12.0 Å². The van der Waals surface area contributed by atoms with Gasteiger partial charge in [-0.15, -0.1) is 0 Å². The van der Waals surface area contributed by atoms with Gasteiger partial charge in [0.05, 0.1) is 12.6 Å². The van der Waals surface area contributed by atoms with Crippen LogP contribution in [0.5, 0.6) is 0 Å². The Morgan fingerprint density at radius 1 is 1.37 bits per heavy atom. The third-order valence-corrected chi connectivity index (χ3v) is 4.59. The summed E-state index contributed by atoms with van der Waals surface area (Å²) in [6.45, 7) is 0.447. The molecule has 2 aromatic rings. The number of aliphatic carboxylic acids is 1. The minimum absolute atomic E-state index is 0.0279. The van der Waals surface area contributed by atoms with E-state index in [1.54, 1.807) is 0 Å². The number of carboxylic acid groups (broad SMARTS) is 1. The van der Waals surface area contributed by atoms with Crippen LogP contribution in [0.4, 0.5) is 4.79 Å². The number of rotatable bonds is 7. The molecule has 2 atom stereocenters. The smallest absolute Gasteiger partial charge is 0.326 e. The summed E-state index contributed by atoms with van der Waals surface area (Å²) in [4.78, 5) is 28.9. The molecule has 9 nitrogen and oxygen atoms in total. The zero-order chi connectivity index (χ0) is 19.2. The van der Waals surface area contributed by atoms with Crippen LogP contribution in [-0.4, -0.2) is 44.7 Å². The van der Waals surface area contributed by atoms with E-state index in [4.69, 9.17) is 15.4 Å². The topological polar surface area (TPSA) is 135 Å². The number of carbonyl (C=O) groups excluding carboxylic acids is 1. The van der Waals surface area contributed by atoms with Crippen LogP contribution in [-0.2, 0) is 17.8 Å². The van der Waals surface area contributed by atoms with Crippen molar-refractivity contribution in [2.45, 2.75) is 44.3 Å². The van der Waals surface area contributed by atoms with Gasteiger partial charge in [0.1, 0.15) is 6.04 Å². The molecule has 2 amide bonds. The minimum atomic E-state index is -0.993. The molecule has 1 fully saturated rings. The van der Waals surface area contributed by atoms with E-state index in [1.165, 1.54) is 10.5 Å². The first-order valence-corrected chi connectivity index (χ1v) is 8.94. The van der Waals surface area contributed by atoms with Gasteiger partial charge in [-0.1, -0.05) is 35.5 Å². The van der Waals surface area contributed by atoms with Crippen LogP contribution in [0.15, 0.2) is 34.9 Å². The number of aromatic nitrogens is 2. The number of nitrogens with two attached hydrogens (primary N) is 1. The maximum absolute atomic E-state index is 12.2. The molecule has 144 valence electrons. The summed E-state index contributed by atoms with van der Waals surface area (Å²) < 4.78 is 5.13. The molecule has 0 spiro atoms. The average molecular weight is 373 g/mol. The summed E-state index contributed by atoms with van der Waals surface area (Å²) in [5.41, 5.74) is 7.30. The maximum Gasteiger partial charge on any atom is 0.326 e. The molecule has 0 aliphatic carbocycles. The second-order valence-electron chi connectivity index (χ2n) is 6.53. The lowest BCUT2D eigenvalue weighted by Gasteiger charge is -2.21. The largest absolute Gasteiger partial charge is 0.480 e. The molecule has 0 bridgehead atoms. The van der Waals surface area contributed by atoms with Crippen molar-refractivity contribution >= 4 is 12.0 Å². The first-order valence-electron chi connectivity index (χ1n) is 8.94. The zero-order valence-corrected chi connectivity index (χ0v) is 14.9. The predicted octanol–water partition coefficient (Wildman–Crippen LogP) is 1.46. The summed E-state index contributed by atoms with van der Waals surface area (Å²) in [6, 6.07) is 8.39. The van der Waals surface area contributed by atoms with Crippen LogP contribution in [0.3, 0.4) is 0 Å². The van der Waals surface area contributed by atoms with Crippen molar-refractivity contribution in [3.8, 4) is 0 Å². The molecule has 0 radical (unpaired) electrons. The number of carbonyl (C=O) groups is 2. The van der Waals surface area contributed by atoms with Crippen molar-refractivity contribution in [1.29, 1.82) is 0 Å². The fraction of sp³-hybridized carbons (Fsp3) is 0.444. The van der Waals surface area contributed by atoms with Gasteiger partial charge in [-0.3, -0.25) is 0 Å². The number of hydrogen-bond donors (Lipinski definition) is 3. The molecular weight excluding hydrogens is 350 g/mol. The molecule has 1 saturated heterocycles. The van der Waals surface area contributed by atoms with E-state index >= 15 is 0 Å². The number of amides is 2. The Balaban J connectivity index is 1.49. The first kappa shape index (κ1) is 18.8. The van der Waals surface area contributed by atoms with Crippen LogP contribution >= 0.6 is 0 Å². The lowest BCUT2D eigenvalue weighted by Crippen LogP contribution is -2.45. The third-order valence-electron chi connectivity index (χ3n) is 4.59. The second kappa shape index (κ2) is 8.63. The highest BCUT2D eigenvalue weighted by Gasteiger charge is 2.34. The van der Waals surface area contributed by atoms with E-state index in [9.17, 15) is 9.59 Å². The minimum Gasteiger partial charge on any atom is -0.480 e. The summed E-state index contributed by atoms with van der Waals surface area (Å²) in [6.07, 6.45) is 2.60. The predicted molar refractivity (Wildman–Crippen MR) is 95.6 cm³/mol. The number of nitrogens with one attached hydrogen (secondary N) is 1. The molecule has 0 saturated carbocycles. The van der Waals surface area contributed by atoms with Crippen molar-refractivity contribution in [2.24, 2.45) is 5.73 Å². The van der Waals surface area contributed by atoms with Crippen LogP contribution < -0.4 is 11.1 Å². The number of hydrogen-bond acceptors (Lipinski definition) is 6. The average Bonchev–Trinajstić information content (AvgIpc) is 3.34. The standard InChI is InChI=1S/C18H23N5O4/c19-13(9-8-12-5-2-1-3-6-12)16-21-15(27-22-16)11-20-18(26)23-10-4-7-14(23)17(24)25/h1-3,5-6,13-14H,4,7-11,19H2,(H,20,26)(H,24,25)/t13-,14?/m0/s1. The van der Waals surface area contributed by atoms with Gasteiger partial charge in [-0.2, -0.15) is 4.98 Å². The summed E-state index contributed by atoms with van der Waals surface area (Å²) in [7, 11) is 0. The second-order valence-corrected chi connectivity index (χ2v) is 6.53. The highest BCUT2D eigenvalue weighted by molar-refractivity contribution is 5.83. The maximum atomic E-state index is 12.2. The van der Waals surface area contributed by atoms with Gasteiger partial charge in [0.2, 0.25) is 5.89 Å². The Kier molecular flexibility index (Phi) is 6.02. The molecule has 3 rings (SSSR count). The van der Waals surface area contributed by atoms with Gasteiger partial charge < -0.3 is 25.6 Å². The number of nitrogens with zero attached hydrogens (tertiary/aromatic N) is 3. The summed E-state index contributed by atoms with van der Waals surface area (Å²) in [5, 5.41) is 15.6. The molecule has 1 unspecified atom stereocenters. The van der Waals surface area contributed by atoms with E-state index in [1.807, 2.05) is 30.3 Å². The molecule has 1 aliphatic rings. The van der Waals surface area contributed by atoms with Gasteiger partial charge in [0, 0.05) is 6.54 Å². The lowest BCUT2D eigenvalue weighted by molar-refractivity contribution is -0.141. The Labute approximate surface area is 156 Å². The van der Waals surface area contributed by atoms with Gasteiger partial charge in [0.15, 0.2) is 5.82 Å². The molecule has 1 aromatic heterocycles. The molecule has 2 heterocycles. The lowest BCUT2D eigenvalue weighted by atomic mass is 10.1. The van der Waals surface area contributed by atoms with E-state index in [2.05, 4.69) is 15.5 Å². The Bertz CT molecular complexity index is 779. The van der Waals surface area contributed by atoms with E-state index in [-0.39, 0.29) is 18.5 Å².